The van der Waals surface area contributed by atoms with E-state index in [4.69, 9.17) is 33.3 Å². The molecule has 0 saturated heterocycles. The number of thiocarbonyl (C=S) groups is 1. The number of hydrogen-bond acceptors (Lipinski definition) is 3. The molecule has 6 heteroatoms. The van der Waals surface area contributed by atoms with Crippen LogP contribution >= 0.6 is 23.8 Å². The van der Waals surface area contributed by atoms with Gasteiger partial charge in [0.2, 0.25) is 0 Å². The second kappa shape index (κ2) is 6.84. The first-order valence-corrected chi connectivity index (χ1v) is 9.85. The summed E-state index contributed by atoms with van der Waals surface area (Å²) >= 11 is 11.8. The molecular weight excluding hydrogens is 356 g/mol. The molecule has 0 heterocycles. The van der Waals surface area contributed by atoms with Crippen LogP contribution in [-0.2, 0) is 0 Å². The van der Waals surface area contributed by atoms with E-state index in [1.54, 1.807) is 20.3 Å². The lowest BCUT2D eigenvalue weighted by molar-refractivity contribution is -0.00665. The average molecular weight is 381 g/mol. The number of halogens is 1. The van der Waals surface area contributed by atoms with Crippen LogP contribution in [0.2, 0.25) is 5.02 Å². The molecular formula is C19H25ClN2O2S. The molecule has 1 aromatic rings. The minimum Gasteiger partial charge on any atom is -0.495 e. The fourth-order valence-electron chi connectivity index (χ4n) is 5.43. The SMILES string of the molecule is COc1cc(NC(=S)NC2C3CC4CC(C3)CC2C4)c(OC)cc1Cl. The Labute approximate surface area is 159 Å². The molecule has 0 atom stereocenters. The molecule has 0 radical (unpaired) electrons. The number of methoxy groups -OCH3 is 2. The molecule has 5 rings (SSSR count). The number of hydrogen-bond donors (Lipinski definition) is 2. The van der Waals surface area contributed by atoms with E-state index in [0.717, 1.165) is 29.4 Å². The zero-order valence-corrected chi connectivity index (χ0v) is 16.3. The van der Waals surface area contributed by atoms with Crippen LogP contribution in [0.1, 0.15) is 32.1 Å². The lowest BCUT2D eigenvalue weighted by Gasteiger charge is -2.54. The first-order chi connectivity index (χ1) is 12.1. The van der Waals surface area contributed by atoms with Gasteiger partial charge in [0.25, 0.3) is 0 Å². The lowest BCUT2D eigenvalue weighted by atomic mass is 9.54. The van der Waals surface area contributed by atoms with Crippen molar-refractivity contribution in [2.24, 2.45) is 23.7 Å². The number of ether oxygens (including phenoxy) is 2. The Morgan fingerprint density at radius 2 is 1.60 bits per heavy atom. The van der Waals surface area contributed by atoms with Gasteiger partial charge in [0, 0.05) is 18.2 Å². The summed E-state index contributed by atoms with van der Waals surface area (Å²) in [6, 6.07) is 4.08. The highest BCUT2D eigenvalue weighted by atomic mass is 35.5. The van der Waals surface area contributed by atoms with E-state index in [2.05, 4.69) is 10.6 Å². The molecule has 0 aliphatic heterocycles. The molecule has 136 valence electrons. The first kappa shape index (κ1) is 17.2. The maximum absolute atomic E-state index is 6.17. The maximum Gasteiger partial charge on any atom is 0.171 e. The van der Waals surface area contributed by atoms with E-state index in [1.807, 2.05) is 6.07 Å². The van der Waals surface area contributed by atoms with Crippen molar-refractivity contribution in [1.82, 2.24) is 5.32 Å². The van der Waals surface area contributed by atoms with Crippen LogP contribution in [0.3, 0.4) is 0 Å². The molecule has 2 N–H and O–H groups in total. The third-order valence-electron chi connectivity index (χ3n) is 6.25. The molecule has 0 unspecified atom stereocenters. The fourth-order valence-corrected chi connectivity index (χ4v) is 5.91. The minimum absolute atomic E-state index is 0.507. The van der Waals surface area contributed by atoms with Crippen LogP contribution in [0.5, 0.6) is 11.5 Å². The van der Waals surface area contributed by atoms with Crippen molar-refractivity contribution in [2.75, 3.05) is 19.5 Å². The van der Waals surface area contributed by atoms with Gasteiger partial charge in [-0.15, -0.1) is 0 Å². The maximum atomic E-state index is 6.17. The topological polar surface area (TPSA) is 42.5 Å². The van der Waals surface area contributed by atoms with Gasteiger partial charge in [-0.05, 0) is 68.0 Å². The normalized spacial score (nSPS) is 32.4. The van der Waals surface area contributed by atoms with Gasteiger partial charge in [0.1, 0.15) is 11.5 Å². The summed E-state index contributed by atoms with van der Waals surface area (Å²) in [5, 5.41) is 8.06. The van der Waals surface area contributed by atoms with E-state index in [9.17, 15) is 0 Å². The average Bonchev–Trinajstić information content (AvgIpc) is 2.58. The van der Waals surface area contributed by atoms with Crippen LogP contribution in [0, 0.1) is 23.7 Å². The summed E-state index contributed by atoms with van der Waals surface area (Å²) in [6.07, 6.45) is 6.93. The zero-order valence-electron chi connectivity index (χ0n) is 14.7. The van der Waals surface area contributed by atoms with Crippen molar-refractivity contribution >= 4 is 34.6 Å². The highest BCUT2D eigenvalue weighted by Crippen LogP contribution is 2.53. The molecule has 4 aliphatic rings. The molecule has 0 aromatic heterocycles. The van der Waals surface area contributed by atoms with Crippen molar-refractivity contribution < 1.29 is 9.47 Å². The summed E-state index contributed by atoms with van der Waals surface area (Å²) < 4.78 is 10.7. The van der Waals surface area contributed by atoms with Gasteiger partial charge in [0.05, 0.1) is 24.9 Å². The largest absolute Gasteiger partial charge is 0.495 e. The predicted molar refractivity (Wildman–Crippen MR) is 105 cm³/mol. The monoisotopic (exact) mass is 380 g/mol. The van der Waals surface area contributed by atoms with Crippen molar-refractivity contribution in [3.63, 3.8) is 0 Å². The third-order valence-corrected chi connectivity index (χ3v) is 6.76. The molecule has 4 saturated carbocycles. The summed E-state index contributed by atoms with van der Waals surface area (Å²) in [6.45, 7) is 0. The molecule has 4 nitrogen and oxygen atoms in total. The quantitative estimate of drug-likeness (QED) is 0.754. The van der Waals surface area contributed by atoms with Crippen LogP contribution in [0.4, 0.5) is 5.69 Å². The number of rotatable bonds is 4. The highest BCUT2D eigenvalue weighted by molar-refractivity contribution is 7.80. The standard InChI is InChI=1S/C19H25ClN2O2S/c1-23-16-9-15(17(24-2)8-14(16)20)21-19(25)22-18-12-4-10-3-11(6-12)7-13(18)5-10/h8-13,18H,3-7H2,1-2H3,(H2,21,22,25). The molecule has 4 aliphatic carbocycles. The zero-order chi connectivity index (χ0) is 17.6. The van der Waals surface area contributed by atoms with Crippen molar-refractivity contribution in [3.05, 3.63) is 17.2 Å². The Hall–Kier alpha value is -1.20. The number of benzene rings is 1. The van der Waals surface area contributed by atoms with E-state index in [1.165, 1.54) is 32.1 Å². The number of anilines is 1. The van der Waals surface area contributed by atoms with Crippen LogP contribution in [0.25, 0.3) is 0 Å². The van der Waals surface area contributed by atoms with E-state index >= 15 is 0 Å². The molecule has 0 spiro atoms. The van der Waals surface area contributed by atoms with Gasteiger partial charge in [-0.3, -0.25) is 0 Å². The Balaban J connectivity index is 1.46. The second-order valence-electron chi connectivity index (χ2n) is 7.74. The molecule has 4 fully saturated rings. The molecule has 1 aromatic carbocycles. The lowest BCUT2D eigenvalue weighted by Crippen LogP contribution is -2.56. The van der Waals surface area contributed by atoms with Gasteiger partial charge in [-0.2, -0.15) is 0 Å². The molecule has 0 amide bonds. The summed E-state index contributed by atoms with van der Waals surface area (Å²) in [4.78, 5) is 0. The third kappa shape index (κ3) is 3.28. The number of nitrogens with one attached hydrogen (secondary N) is 2. The van der Waals surface area contributed by atoms with Crippen molar-refractivity contribution in [2.45, 2.75) is 38.1 Å². The van der Waals surface area contributed by atoms with Gasteiger partial charge >= 0.3 is 0 Å². The Bertz CT molecular complexity index is 654. The van der Waals surface area contributed by atoms with E-state index in [-0.39, 0.29) is 0 Å². The second-order valence-corrected chi connectivity index (χ2v) is 8.56. The Kier molecular flexibility index (Phi) is 4.71. The van der Waals surface area contributed by atoms with Gasteiger partial charge in [0.15, 0.2) is 5.11 Å². The predicted octanol–water partition coefficient (Wildman–Crippen LogP) is 4.47. The Morgan fingerprint density at radius 1 is 1.00 bits per heavy atom. The highest BCUT2D eigenvalue weighted by Gasteiger charge is 2.48. The van der Waals surface area contributed by atoms with Crippen LogP contribution < -0.4 is 20.1 Å². The van der Waals surface area contributed by atoms with Crippen molar-refractivity contribution in [3.8, 4) is 11.5 Å². The van der Waals surface area contributed by atoms with Crippen molar-refractivity contribution in [1.29, 1.82) is 0 Å². The minimum atomic E-state index is 0.507. The van der Waals surface area contributed by atoms with Gasteiger partial charge in [-0.25, -0.2) is 0 Å². The summed E-state index contributed by atoms with van der Waals surface area (Å²) in [5.74, 6) is 4.73. The van der Waals surface area contributed by atoms with E-state index in [0.29, 0.717) is 27.7 Å². The van der Waals surface area contributed by atoms with Gasteiger partial charge < -0.3 is 20.1 Å². The summed E-state index contributed by atoms with van der Waals surface area (Å²) in [7, 11) is 3.22. The van der Waals surface area contributed by atoms with Crippen LogP contribution in [-0.4, -0.2) is 25.4 Å². The van der Waals surface area contributed by atoms with Gasteiger partial charge in [-0.1, -0.05) is 11.6 Å². The molecule has 25 heavy (non-hydrogen) atoms. The van der Waals surface area contributed by atoms with Crippen LogP contribution in [0.15, 0.2) is 12.1 Å². The smallest absolute Gasteiger partial charge is 0.171 e. The molecule has 4 bridgehead atoms. The fraction of sp³-hybridized carbons (Fsp3) is 0.632. The first-order valence-electron chi connectivity index (χ1n) is 9.06. The summed E-state index contributed by atoms with van der Waals surface area (Å²) in [5.41, 5.74) is 0.769. The van der Waals surface area contributed by atoms with E-state index < -0.39 is 0 Å². The Morgan fingerprint density at radius 3 is 2.16 bits per heavy atom.